The first-order chi connectivity index (χ1) is 11.9. The maximum absolute atomic E-state index is 12.0. The Morgan fingerprint density at radius 3 is 2.72 bits per heavy atom. The van der Waals surface area contributed by atoms with E-state index in [1.54, 1.807) is 6.92 Å². The van der Waals surface area contributed by atoms with Crippen LogP contribution in [0.25, 0.3) is 0 Å². The molecule has 1 aromatic heterocycles. The van der Waals surface area contributed by atoms with Crippen LogP contribution in [0.2, 0.25) is 0 Å². The van der Waals surface area contributed by atoms with Crippen molar-refractivity contribution in [3.63, 3.8) is 0 Å². The highest BCUT2D eigenvalue weighted by molar-refractivity contribution is 6.06. The second-order valence-corrected chi connectivity index (χ2v) is 6.42. The largest absolute Gasteiger partial charge is 0.492 e. The highest BCUT2D eigenvalue weighted by Crippen LogP contribution is 2.29. The molecule has 25 heavy (non-hydrogen) atoms. The van der Waals surface area contributed by atoms with Gasteiger partial charge >= 0.3 is 5.97 Å². The van der Waals surface area contributed by atoms with Crippen molar-refractivity contribution >= 4 is 17.5 Å². The molecular formula is C18H27N3O4. The van der Waals surface area contributed by atoms with E-state index in [0.29, 0.717) is 29.5 Å². The monoisotopic (exact) mass is 349 g/mol. The zero-order chi connectivity index (χ0) is 18.4. The zero-order valence-corrected chi connectivity index (χ0v) is 15.1. The number of carbonyl (C=O) groups is 1. The van der Waals surface area contributed by atoms with Gasteiger partial charge < -0.3 is 25.4 Å². The van der Waals surface area contributed by atoms with Crippen LogP contribution in [0, 0.1) is 17.2 Å². The average molecular weight is 349 g/mol. The van der Waals surface area contributed by atoms with Gasteiger partial charge in [0.1, 0.15) is 11.6 Å². The molecule has 1 aliphatic rings. The quantitative estimate of drug-likeness (QED) is 0.579. The van der Waals surface area contributed by atoms with Crippen molar-refractivity contribution in [2.24, 2.45) is 11.8 Å². The number of hydrogen-bond acceptors (Lipinski definition) is 7. The van der Waals surface area contributed by atoms with E-state index in [-0.39, 0.29) is 24.0 Å². The van der Waals surface area contributed by atoms with Gasteiger partial charge in [-0.3, -0.25) is 0 Å². The van der Waals surface area contributed by atoms with E-state index in [9.17, 15) is 4.79 Å². The molecule has 7 nitrogen and oxygen atoms in total. The minimum Gasteiger partial charge on any atom is -0.492 e. The molecule has 2 heterocycles. The van der Waals surface area contributed by atoms with Crippen molar-refractivity contribution in [2.75, 3.05) is 32.2 Å². The maximum Gasteiger partial charge on any atom is 0.357 e. The van der Waals surface area contributed by atoms with Gasteiger partial charge in [-0.1, -0.05) is 13.8 Å². The summed E-state index contributed by atoms with van der Waals surface area (Å²) in [6.07, 6.45) is 1.87. The molecule has 3 N–H and O–H groups in total. The molecule has 1 fully saturated rings. The minimum atomic E-state index is -0.548. The summed E-state index contributed by atoms with van der Waals surface area (Å²) in [7, 11) is 0. The molecule has 0 spiro atoms. The van der Waals surface area contributed by atoms with Crippen molar-refractivity contribution in [3.8, 4) is 5.75 Å². The Bertz CT molecular complexity index is 625. The molecule has 2 rings (SSSR count). The number of ether oxygens (including phenoxy) is 3. The molecule has 0 bridgehead atoms. The number of anilines is 1. The predicted octanol–water partition coefficient (Wildman–Crippen LogP) is 2.67. The van der Waals surface area contributed by atoms with Crippen LogP contribution in [0.5, 0.6) is 5.75 Å². The van der Waals surface area contributed by atoms with E-state index in [2.05, 4.69) is 4.98 Å². The Hall–Kier alpha value is -2.15. The second kappa shape index (κ2) is 8.80. The molecule has 1 aromatic rings. The zero-order valence-electron chi connectivity index (χ0n) is 15.1. The topological polar surface area (TPSA) is 108 Å². The number of carbonyl (C=O) groups excluding carboxylic acids is 1. The van der Waals surface area contributed by atoms with Crippen LogP contribution < -0.4 is 10.5 Å². The maximum atomic E-state index is 12.0. The summed E-state index contributed by atoms with van der Waals surface area (Å²) in [4.78, 5) is 16.1. The Morgan fingerprint density at radius 2 is 2.12 bits per heavy atom. The van der Waals surface area contributed by atoms with Crippen molar-refractivity contribution in [2.45, 2.75) is 33.6 Å². The molecular weight excluding hydrogens is 322 g/mol. The third kappa shape index (κ3) is 4.92. The predicted molar refractivity (Wildman–Crippen MR) is 95.3 cm³/mol. The molecule has 0 radical (unpaired) electrons. The van der Waals surface area contributed by atoms with E-state index in [1.807, 2.05) is 13.8 Å². The van der Waals surface area contributed by atoms with Gasteiger partial charge in [-0.25, -0.2) is 9.78 Å². The lowest BCUT2D eigenvalue weighted by Gasteiger charge is -2.23. The smallest absolute Gasteiger partial charge is 0.357 e. The first kappa shape index (κ1) is 19.2. The third-order valence-electron chi connectivity index (χ3n) is 4.16. The Balaban J connectivity index is 2.30. The summed E-state index contributed by atoms with van der Waals surface area (Å²) in [5, 5.41) is 8.31. The molecule has 0 aromatic carbocycles. The van der Waals surface area contributed by atoms with E-state index in [4.69, 9.17) is 25.4 Å². The number of rotatable bonds is 7. The van der Waals surface area contributed by atoms with Crippen molar-refractivity contribution in [1.29, 1.82) is 5.41 Å². The second-order valence-electron chi connectivity index (χ2n) is 6.42. The minimum absolute atomic E-state index is 0.0389. The van der Waals surface area contributed by atoms with Gasteiger partial charge in [-0.2, -0.15) is 0 Å². The van der Waals surface area contributed by atoms with Crippen LogP contribution in [0.4, 0.5) is 5.82 Å². The van der Waals surface area contributed by atoms with Gasteiger partial charge in [0.25, 0.3) is 0 Å². The lowest BCUT2D eigenvalue weighted by Crippen LogP contribution is -2.23. The van der Waals surface area contributed by atoms with Crippen LogP contribution in [0.3, 0.4) is 0 Å². The van der Waals surface area contributed by atoms with Crippen LogP contribution in [0.1, 0.15) is 49.7 Å². The van der Waals surface area contributed by atoms with Crippen LogP contribution in [-0.4, -0.2) is 43.1 Å². The van der Waals surface area contributed by atoms with Gasteiger partial charge in [0.05, 0.1) is 18.8 Å². The molecule has 0 saturated carbocycles. The van der Waals surface area contributed by atoms with Crippen LogP contribution in [-0.2, 0) is 9.47 Å². The van der Waals surface area contributed by atoms with Crippen LogP contribution in [0.15, 0.2) is 6.07 Å². The van der Waals surface area contributed by atoms with Gasteiger partial charge in [0, 0.05) is 25.0 Å². The van der Waals surface area contributed by atoms with Gasteiger partial charge in [0.15, 0.2) is 5.69 Å². The fourth-order valence-corrected chi connectivity index (χ4v) is 2.64. The molecule has 0 aliphatic carbocycles. The lowest BCUT2D eigenvalue weighted by atomic mass is 9.99. The van der Waals surface area contributed by atoms with Crippen molar-refractivity contribution < 1.29 is 19.0 Å². The van der Waals surface area contributed by atoms with Crippen molar-refractivity contribution in [1.82, 2.24) is 4.98 Å². The number of aromatic nitrogens is 1. The number of hydrogen-bond donors (Lipinski definition) is 2. The number of pyridine rings is 1. The highest BCUT2D eigenvalue weighted by atomic mass is 16.5. The standard InChI is InChI=1S/C18H27N3O4/c1-4-24-18(22)13-9-14(25-10-12-5-7-23-8-6-12)15(17(20)21-13)16(19)11(2)3/h9,11-12,19H,4-8,10H2,1-3H3,(H2,20,21). The van der Waals surface area contributed by atoms with Crippen molar-refractivity contribution in [3.05, 3.63) is 17.3 Å². The molecule has 0 amide bonds. The van der Waals surface area contributed by atoms with E-state index < -0.39 is 5.97 Å². The fourth-order valence-electron chi connectivity index (χ4n) is 2.64. The molecule has 1 saturated heterocycles. The Labute approximate surface area is 148 Å². The molecule has 1 aliphatic heterocycles. The SMILES string of the molecule is CCOC(=O)c1cc(OCC2CCOCC2)c(C(=N)C(C)C)c(N)n1. The number of nitrogen functional groups attached to an aromatic ring is 1. The number of nitrogens with two attached hydrogens (primary N) is 1. The average Bonchev–Trinajstić information content (AvgIpc) is 2.60. The summed E-state index contributed by atoms with van der Waals surface area (Å²) in [5.74, 6) is 0.331. The third-order valence-corrected chi connectivity index (χ3v) is 4.16. The van der Waals surface area contributed by atoms with Gasteiger partial charge in [-0.05, 0) is 31.6 Å². The summed E-state index contributed by atoms with van der Waals surface area (Å²) >= 11 is 0. The Kier molecular flexibility index (Phi) is 6.75. The summed E-state index contributed by atoms with van der Waals surface area (Å²) in [6, 6.07) is 1.53. The lowest BCUT2D eigenvalue weighted by molar-refractivity contribution is 0.0493. The first-order valence-corrected chi connectivity index (χ1v) is 8.71. The van der Waals surface area contributed by atoms with E-state index in [1.165, 1.54) is 6.07 Å². The first-order valence-electron chi connectivity index (χ1n) is 8.71. The Morgan fingerprint density at radius 1 is 1.44 bits per heavy atom. The fraction of sp³-hybridized carbons (Fsp3) is 0.611. The van der Waals surface area contributed by atoms with E-state index >= 15 is 0 Å². The summed E-state index contributed by atoms with van der Waals surface area (Å²) in [5.41, 5.74) is 6.93. The number of nitrogens with zero attached hydrogens (tertiary/aromatic N) is 1. The molecule has 7 heteroatoms. The van der Waals surface area contributed by atoms with Gasteiger partial charge in [0.2, 0.25) is 0 Å². The molecule has 0 atom stereocenters. The van der Waals surface area contributed by atoms with Crippen LogP contribution >= 0.6 is 0 Å². The van der Waals surface area contributed by atoms with Gasteiger partial charge in [-0.15, -0.1) is 0 Å². The normalized spacial score (nSPS) is 15.2. The van der Waals surface area contributed by atoms with E-state index in [0.717, 1.165) is 26.1 Å². The summed E-state index contributed by atoms with van der Waals surface area (Å²) in [6.45, 7) is 7.75. The number of esters is 1. The highest BCUT2D eigenvalue weighted by Gasteiger charge is 2.23. The number of nitrogens with one attached hydrogen (secondary N) is 1. The molecule has 138 valence electrons. The molecule has 0 unspecified atom stereocenters. The summed E-state index contributed by atoms with van der Waals surface area (Å²) < 4.78 is 16.3.